The molecule has 2 bridgehead atoms. The van der Waals surface area contributed by atoms with Crippen LogP contribution in [0.2, 0.25) is 0 Å². The highest BCUT2D eigenvalue weighted by molar-refractivity contribution is 8.26. The Hall–Kier alpha value is -2.69. The number of nitrogens with one attached hydrogen (secondary N) is 2. The molecule has 1 aromatic heterocycles. The number of furan rings is 1. The maximum absolute atomic E-state index is 13.5. The lowest BCUT2D eigenvalue weighted by Crippen LogP contribution is -2.41. The molecular formula is C27H33ClN4O4S2. The monoisotopic (exact) mass is 576 g/mol. The highest BCUT2D eigenvalue weighted by atomic mass is 35.5. The van der Waals surface area contributed by atoms with Crippen molar-refractivity contribution in [3.05, 3.63) is 40.5 Å². The lowest BCUT2D eigenvalue weighted by Gasteiger charge is -2.30. The number of carbonyl (C=O) groups excluding carboxylic acids is 1. The predicted octanol–water partition coefficient (Wildman–Crippen LogP) is 5.19. The number of nitrogens with zero attached hydrogens (tertiary/aromatic N) is 1. The van der Waals surface area contributed by atoms with Crippen LogP contribution in [-0.2, 0) is 11.2 Å². The van der Waals surface area contributed by atoms with E-state index in [2.05, 4.69) is 5.32 Å². The van der Waals surface area contributed by atoms with Crippen LogP contribution in [0.15, 0.2) is 33.6 Å². The standard InChI is InChI=1S/C27H32N4O4S2.ClH/c1-33-19-10-18(11-20(13-19)34-2)22-12-17(4-3-7-30-26(28)29)23(35-22)14-24-25(32)31(27(36)37-24)21-9-15-5-6-16(21)8-15;/h10-16,21H,3-9H2,1-2H3,(H4,28,29,30);1H. The van der Waals surface area contributed by atoms with Gasteiger partial charge in [0.05, 0.1) is 19.1 Å². The van der Waals surface area contributed by atoms with Crippen molar-refractivity contribution < 1.29 is 18.7 Å². The SMILES string of the molecule is COc1cc(OC)cc(-c2cc(CCCNC(=N)N)c(C=C3SC(=S)N(C4CC5CCC4C5)C3=O)o2)c1.Cl. The van der Waals surface area contributed by atoms with Gasteiger partial charge < -0.3 is 24.9 Å². The number of methoxy groups -OCH3 is 2. The largest absolute Gasteiger partial charge is 0.497 e. The second kappa shape index (κ2) is 12.0. The Morgan fingerprint density at radius 3 is 2.58 bits per heavy atom. The van der Waals surface area contributed by atoms with Crippen molar-refractivity contribution in [2.75, 3.05) is 20.8 Å². The number of nitrogens with two attached hydrogens (primary N) is 1. The summed E-state index contributed by atoms with van der Waals surface area (Å²) in [5, 5.41) is 10.2. The van der Waals surface area contributed by atoms with Gasteiger partial charge in [0.25, 0.3) is 5.91 Å². The molecular weight excluding hydrogens is 544 g/mol. The summed E-state index contributed by atoms with van der Waals surface area (Å²) in [7, 11) is 3.22. The predicted molar refractivity (Wildman–Crippen MR) is 157 cm³/mol. The molecule has 1 amide bonds. The van der Waals surface area contributed by atoms with Crippen LogP contribution in [0.1, 0.15) is 43.4 Å². The van der Waals surface area contributed by atoms with Crippen molar-refractivity contribution in [2.45, 2.75) is 44.6 Å². The van der Waals surface area contributed by atoms with Crippen LogP contribution < -0.4 is 20.5 Å². The second-order valence-corrected chi connectivity index (χ2v) is 11.5. The molecule has 3 fully saturated rings. The van der Waals surface area contributed by atoms with E-state index in [4.69, 9.17) is 37.3 Å². The van der Waals surface area contributed by atoms with Gasteiger partial charge in [-0.1, -0.05) is 30.4 Å². The normalized spacial score (nSPS) is 23.2. The molecule has 2 aromatic rings. The van der Waals surface area contributed by atoms with Crippen LogP contribution in [0.4, 0.5) is 0 Å². The average Bonchev–Trinajstić information content (AvgIpc) is 3.66. The summed E-state index contributed by atoms with van der Waals surface area (Å²) in [5.41, 5.74) is 7.20. The summed E-state index contributed by atoms with van der Waals surface area (Å²) in [6.07, 6.45) is 8.00. The number of ether oxygens (including phenoxy) is 2. The molecule has 8 nitrogen and oxygen atoms in total. The van der Waals surface area contributed by atoms with Gasteiger partial charge in [0.2, 0.25) is 0 Å². The fraction of sp³-hybridized carbons (Fsp3) is 0.444. The van der Waals surface area contributed by atoms with Gasteiger partial charge in [-0.25, -0.2) is 0 Å². The van der Waals surface area contributed by atoms with Crippen molar-refractivity contribution in [1.29, 1.82) is 5.41 Å². The third-order valence-corrected chi connectivity index (χ3v) is 8.86. The van der Waals surface area contributed by atoms with Crippen molar-refractivity contribution in [3.8, 4) is 22.8 Å². The molecule has 2 aliphatic carbocycles. The van der Waals surface area contributed by atoms with Gasteiger partial charge in [0.1, 0.15) is 27.3 Å². The number of benzene rings is 1. The number of thiocarbonyl (C=S) groups is 1. The molecule has 4 N–H and O–H groups in total. The van der Waals surface area contributed by atoms with Crippen LogP contribution in [-0.4, -0.2) is 47.9 Å². The first-order valence-corrected chi connectivity index (χ1v) is 13.8. The Balaban J connectivity index is 0.00000336. The molecule has 2 heterocycles. The van der Waals surface area contributed by atoms with E-state index < -0.39 is 0 Å². The molecule has 1 aromatic carbocycles. The van der Waals surface area contributed by atoms with Crippen molar-refractivity contribution in [2.24, 2.45) is 17.6 Å². The van der Waals surface area contributed by atoms with Crippen LogP contribution in [0.25, 0.3) is 17.4 Å². The summed E-state index contributed by atoms with van der Waals surface area (Å²) in [5.74, 6) is 3.83. The quantitative estimate of drug-likeness (QED) is 0.123. The van der Waals surface area contributed by atoms with E-state index in [1.807, 2.05) is 35.2 Å². The number of halogens is 1. The van der Waals surface area contributed by atoms with Crippen molar-refractivity contribution in [3.63, 3.8) is 0 Å². The third-order valence-electron chi connectivity index (χ3n) is 7.53. The van der Waals surface area contributed by atoms with E-state index in [-0.39, 0.29) is 30.3 Å². The smallest absolute Gasteiger partial charge is 0.266 e. The lowest BCUT2D eigenvalue weighted by molar-refractivity contribution is -0.124. The van der Waals surface area contributed by atoms with Gasteiger partial charge >= 0.3 is 0 Å². The Kier molecular flexibility index (Phi) is 8.95. The Morgan fingerprint density at radius 1 is 1.24 bits per heavy atom. The molecule has 3 unspecified atom stereocenters. The van der Waals surface area contributed by atoms with Crippen molar-refractivity contribution >= 4 is 58.7 Å². The van der Waals surface area contributed by atoms with E-state index in [1.54, 1.807) is 14.2 Å². The van der Waals surface area contributed by atoms with E-state index in [9.17, 15) is 4.79 Å². The first-order valence-electron chi connectivity index (χ1n) is 12.6. The molecule has 1 saturated heterocycles. The van der Waals surface area contributed by atoms with Crippen LogP contribution in [0, 0.1) is 17.2 Å². The molecule has 2 saturated carbocycles. The maximum atomic E-state index is 13.5. The number of thioether (sulfide) groups is 1. The highest BCUT2D eigenvalue weighted by Gasteiger charge is 2.48. The van der Waals surface area contributed by atoms with Crippen LogP contribution in [0.3, 0.4) is 0 Å². The van der Waals surface area contributed by atoms with Crippen LogP contribution in [0.5, 0.6) is 11.5 Å². The number of fused-ring (bicyclic) bond motifs is 2. The second-order valence-electron chi connectivity index (χ2n) is 9.84. The summed E-state index contributed by atoms with van der Waals surface area (Å²) in [4.78, 5) is 16.0. The minimum Gasteiger partial charge on any atom is -0.497 e. The number of aryl methyl sites for hydroxylation is 1. The number of guanidine groups is 1. The fourth-order valence-electron chi connectivity index (χ4n) is 5.77. The molecule has 5 rings (SSSR count). The van der Waals surface area contributed by atoms with E-state index in [0.717, 1.165) is 29.9 Å². The average molecular weight is 577 g/mol. The summed E-state index contributed by atoms with van der Waals surface area (Å²) >= 11 is 7.03. The molecule has 0 radical (unpaired) electrons. The number of hydrogen-bond donors (Lipinski definition) is 3. The number of carbonyl (C=O) groups is 1. The maximum Gasteiger partial charge on any atom is 0.266 e. The Labute approximate surface area is 238 Å². The number of amides is 1. The zero-order valence-corrected chi connectivity index (χ0v) is 23.9. The number of hydrogen-bond acceptors (Lipinski definition) is 7. The third kappa shape index (κ3) is 5.82. The summed E-state index contributed by atoms with van der Waals surface area (Å²) in [6, 6.07) is 7.81. The molecule has 38 heavy (non-hydrogen) atoms. The van der Waals surface area contributed by atoms with Crippen LogP contribution >= 0.6 is 36.4 Å². The van der Waals surface area contributed by atoms with Gasteiger partial charge in [-0.05, 0) is 67.7 Å². The van der Waals surface area contributed by atoms with Crippen molar-refractivity contribution in [1.82, 2.24) is 10.2 Å². The molecule has 3 aliphatic rings. The van der Waals surface area contributed by atoms with Gasteiger partial charge in [0, 0.05) is 30.3 Å². The molecule has 3 atom stereocenters. The molecule has 11 heteroatoms. The highest BCUT2D eigenvalue weighted by Crippen LogP contribution is 2.49. The van der Waals surface area contributed by atoms with E-state index in [0.29, 0.717) is 51.1 Å². The van der Waals surface area contributed by atoms with E-state index >= 15 is 0 Å². The molecule has 204 valence electrons. The summed E-state index contributed by atoms with van der Waals surface area (Å²) < 4.78 is 17.8. The van der Waals surface area contributed by atoms with E-state index in [1.165, 1.54) is 31.0 Å². The lowest BCUT2D eigenvalue weighted by atomic mass is 9.94. The minimum absolute atomic E-state index is 0. The number of rotatable bonds is 9. The first kappa shape index (κ1) is 28.3. The zero-order chi connectivity index (χ0) is 26.1. The van der Waals surface area contributed by atoms with Gasteiger partial charge in [0.15, 0.2) is 5.96 Å². The minimum atomic E-state index is -0.0547. The fourth-order valence-corrected chi connectivity index (χ4v) is 7.11. The van der Waals surface area contributed by atoms with Gasteiger partial charge in [-0.15, -0.1) is 12.4 Å². The van der Waals surface area contributed by atoms with Gasteiger partial charge in [-0.2, -0.15) is 0 Å². The van der Waals surface area contributed by atoms with Gasteiger partial charge in [-0.3, -0.25) is 15.1 Å². The molecule has 0 spiro atoms. The first-order chi connectivity index (χ1) is 17.9. The molecule has 1 aliphatic heterocycles. The summed E-state index contributed by atoms with van der Waals surface area (Å²) in [6.45, 7) is 0.564. The Bertz CT molecular complexity index is 1240. The Morgan fingerprint density at radius 2 is 1.97 bits per heavy atom. The topological polar surface area (TPSA) is 114 Å². The zero-order valence-electron chi connectivity index (χ0n) is 21.5.